The first kappa shape index (κ1) is 32.3. The van der Waals surface area contributed by atoms with Gasteiger partial charge in [-0.05, 0) is 0 Å². The quantitative estimate of drug-likeness (QED) is 0.191. The van der Waals surface area contributed by atoms with Gasteiger partial charge in [-0.1, -0.05) is 0 Å². The van der Waals surface area contributed by atoms with Crippen molar-refractivity contribution in [2.45, 2.75) is 59.8 Å². The molecule has 0 aliphatic carbocycles. The number of nitrogens with zero attached hydrogens (tertiary/aromatic N) is 4. The zero-order valence-electron chi connectivity index (χ0n) is 21.3. The van der Waals surface area contributed by atoms with Crippen molar-refractivity contribution in [2.75, 3.05) is 65.6 Å². The normalized spacial score (nSPS) is 18.5. The summed E-state index contributed by atoms with van der Waals surface area (Å²) in [6, 6.07) is 0. The summed E-state index contributed by atoms with van der Waals surface area (Å²) in [5.74, 6) is -14.9. The summed E-state index contributed by atoms with van der Waals surface area (Å²) in [4.78, 5) is 0.946. The van der Waals surface area contributed by atoms with E-state index in [1.54, 1.807) is 41.5 Å². The third-order valence-electron chi connectivity index (χ3n) is 6.53. The fourth-order valence-corrected chi connectivity index (χ4v) is 10.9. The van der Waals surface area contributed by atoms with E-state index in [2.05, 4.69) is 0 Å². The van der Waals surface area contributed by atoms with Crippen LogP contribution in [0, 0.1) is 0 Å². The molecule has 0 unspecified atom stereocenters. The molecule has 0 aromatic carbocycles. The molecule has 1 saturated heterocycles. The Bertz CT molecular complexity index is 675. The second-order valence-corrected chi connectivity index (χ2v) is 11.9. The maximum atomic E-state index is 18.8. The van der Waals surface area contributed by atoms with Crippen molar-refractivity contribution in [3.8, 4) is 0 Å². The van der Waals surface area contributed by atoms with Crippen LogP contribution in [0.5, 0.6) is 0 Å². The van der Waals surface area contributed by atoms with Crippen LogP contribution in [0.15, 0.2) is 11.3 Å². The van der Waals surface area contributed by atoms with Crippen LogP contribution in [0.4, 0.5) is 34.9 Å². The fraction of sp³-hybridized carbons (Fsp3) is 0.905. The molecule has 0 radical (unpaired) electrons. The number of hydrogen-bond acceptors (Lipinski definition) is 5. The Kier molecular flexibility index (Phi) is 11.2. The Morgan fingerprint density at radius 2 is 1.14 bits per heavy atom. The molecule has 14 heteroatoms. The molecule has 5 nitrogen and oxygen atoms in total. The summed E-state index contributed by atoms with van der Waals surface area (Å²) in [6.45, 7) is 8.13. The third kappa shape index (κ3) is 5.04. The van der Waals surface area contributed by atoms with E-state index in [9.17, 15) is 17.6 Å². The Morgan fingerprint density at radius 3 is 1.43 bits per heavy atom. The molecule has 210 valence electrons. The molecule has 1 heterocycles. The second-order valence-electron chi connectivity index (χ2n) is 8.03. The zero-order valence-corrected chi connectivity index (χ0v) is 22.2. The van der Waals surface area contributed by atoms with Gasteiger partial charge in [0.15, 0.2) is 0 Å². The van der Waals surface area contributed by atoms with Gasteiger partial charge in [0.25, 0.3) is 0 Å². The Labute approximate surface area is 203 Å². The van der Waals surface area contributed by atoms with E-state index >= 15 is 17.4 Å². The number of ether oxygens (including phenoxy) is 1. The predicted octanol–water partition coefficient (Wildman–Crippen LogP) is 6.20. The summed E-state index contributed by atoms with van der Waals surface area (Å²) >= 11 is 0. The molecule has 1 aliphatic rings. The van der Waals surface area contributed by atoms with E-state index in [0.29, 0.717) is 0 Å². The molecular formula is C21H39F8N4OP. The van der Waals surface area contributed by atoms with E-state index in [4.69, 9.17) is 4.74 Å². The van der Waals surface area contributed by atoms with Gasteiger partial charge in [0, 0.05) is 0 Å². The number of allylic oxidation sites excluding steroid dienone is 1. The summed E-state index contributed by atoms with van der Waals surface area (Å²) in [5, 5.41) is 0. The van der Waals surface area contributed by atoms with Gasteiger partial charge in [-0.25, -0.2) is 0 Å². The summed E-state index contributed by atoms with van der Waals surface area (Å²) in [6.07, 6.45) is -4.87. The van der Waals surface area contributed by atoms with E-state index < -0.39 is 36.9 Å². The molecule has 35 heavy (non-hydrogen) atoms. The molecule has 0 aromatic heterocycles. The first-order valence-electron chi connectivity index (χ1n) is 12.0. The van der Waals surface area contributed by atoms with Crippen LogP contribution < -0.4 is 0 Å². The Hall–Kier alpha value is -0.750. The number of morpholine rings is 1. The van der Waals surface area contributed by atoms with E-state index in [-0.39, 0.29) is 65.6 Å². The van der Waals surface area contributed by atoms with Gasteiger partial charge in [0.1, 0.15) is 0 Å². The summed E-state index contributed by atoms with van der Waals surface area (Å²) in [7, 11) is -5.90. The van der Waals surface area contributed by atoms with Crippen LogP contribution in [-0.2, 0) is 4.74 Å². The average molecular weight is 547 g/mol. The molecule has 0 amide bonds. The van der Waals surface area contributed by atoms with Crippen LogP contribution in [-0.4, -0.2) is 103 Å². The predicted molar refractivity (Wildman–Crippen MR) is 123 cm³/mol. The molecule has 0 bridgehead atoms. The first-order chi connectivity index (χ1) is 16.2. The SMILES string of the molecule is CCN(CC)P(F)(C(=C(F)C(F)(F)C(F)(F)C(F)F)N1CCOCC1)(N(CC)CC)N(CC)CC. The van der Waals surface area contributed by atoms with Gasteiger partial charge in [-0.3, -0.25) is 0 Å². The molecule has 1 fully saturated rings. The maximum absolute atomic E-state index is 18.8. The minimum absolute atomic E-state index is 0.0737. The second kappa shape index (κ2) is 12.2. The van der Waals surface area contributed by atoms with E-state index in [1.165, 1.54) is 14.0 Å². The monoisotopic (exact) mass is 546 g/mol. The third-order valence-corrected chi connectivity index (χ3v) is 12.4. The number of alkyl halides is 6. The van der Waals surface area contributed by atoms with Gasteiger partial charge in [0.05, 0.1) is 0 Å². The summed E-state index contributed by atoms with van der Waals surface area (Å²) in [5.41, 5.74) is -1.28. The Balaban J connectivity index is 4.42. The van der Waals surface area contributed by atoms with Crippen molar-refractivity contribution in [1.82, 2.24) is 18.9 Å². The van der Waals surface area contributed by atoms with Crippen molar-refractivity contribution < 1.29 is 39.7 Å². The molecule has 0 aromatic rings. The van der Waals surface area contributed by atoms with Crippen LogP contribution in [0.25, 0.3) is 0 Å². The molecule has 1 aliphatic heterocycles. The Morgan fingerprint density at radius 1 is 0.800 bits per heavy atom. The van der Waals surface area contributed by atoms with E-state index in [0.717, 1.165) is 4.90 Å². The van der Waals surface area contributed by atoms with Crippen LogP contribution >= 0.6 is 7.37 Å². The van der Waals surface area contributed by atoms with E-state index in [1.807, 2.05) is 0 Å². The molecule has 0 atom stereocenters. The first-order valence-corrected chi connectivity index (χ1v) is 14.0. The molecule has 1 rings (SSSR count). The van der Waals surface area contributed by atoms with Crippen molar-refractivity contribution in [3.05, 3.63) is 11.3 Å². The fourth-order valence-electron chi connectivity index (χ4n) is 4.86. The van der Waals surface area contributed by atoms with Crippen molar-refractivity contribution in [3.63, 3.8) is 0 Å². The van der Waals surface area contributed by atoms with Crippen LogP contribution in [0.1, 0.15) is 41.5 Å². The van der Waals surface area contributed by atoms with Crippen LogP contribution in [0.3, 0.4) is 0 Å². The molecule has 0 N–H and O–H groups in total. The number of hydrogen-bond donors (Lipinski definition) is 0. The molecular weight excluding hydrogens is 507 g/mol. The topological polar surface area (TPSA) is 22.2 Å². The molecule has 0 saturated carbocycles. The van der Waals surface area contributed by atoms with Gasteiger partial charge in [0.2, 0.25) is 0 Å². The molecule has 0 spiro atoms. The van der Waals surface area contributed by atoms with Crippen LogP contribution in [0.2, 0.25) is 0 Å². The number of rotatable bonds is 14. The minimum atomic E-state index is -6.06. The average Bonchev–Trinajstić information content (AvgIpc) is 2.81. The van der Waals surface area contributed by atoms with Gasteiger partial charge >= 0.3 is 203 Å². The number of halogens is 8. The van der Waals surface area contributed by atoms with Crippen molar-refractivity contribution >= 4 is 7.37 Å². The van der Waals surface area contributed by atoms with Gasteiger partial charge < -0.3 is 0 Å². The van der Waals surface area contributed by atoms with Gasteiger partial charge in [-0.15, -0.1) is 0 Å². The summed E-state index contributed by atoms with van der Waals surface area (Å²) < 4.78 is 128. The van der Waals surface area contributed by atoms with Gasteiger partial charge in [-0.2, -0.15) is 0 Å². The van der Waals surface area contributed by atoms with Crippen molar-refractivity contribution in [2.24, 2.45) is 0 Å². The standard InChI is InChI=1S/C21H39F8N4OP/c1-7-31(8-2)35(29,32(9-3)10-4,33(11-5)12-6)18(30-13-15-34-16-14-30)17(22)20(25,26)21(27,28)19(23)24/h19H,7-16H2,1-6H3. The zero-order chi connectivity index (χ0) is 27.3. The van der Waals surface area contributed by atoms with Crippen molar-refractivity contribution in [1.29, 1.82) is 0 Å².